The van der Waals surface area contributed by atoms with E-state index in [4.69, 9.17) is 4.74 Å². The zero-order chi connectivity index (χ0) is 14.9. The standard InChI is InChI=1S/C16H15N3O2S/c20-22(16-18-13-3-1-2-4-14(13)19-16)10-11-6-8-21-15-5-7-17-9-12(11)15/h1-5,7,9,11H,6,8,10H2,(H,18,19). The van der Waals surface area contributed by atoms with Gasteiger partial charge in [-0.25, -0.2) is 0 Å². The molecular weight excluding hydrogens is 298 g/mol. The van der Waals surface area contributed by atoms with Crippen molar-refractivity contribution in [3.8, 4) is 5.75 Å². The van der Waals surface area contributed by atoms with Gasteiger partial charge in [0, 0.05) is 35.1 Å². The summed E-state index contributed by atoms with van der Waals surface area (Å²) in [7, 11) is 0. The van der Waals surface area contributed by atoms with Crippen LogP contribution in [0.3, 0.4) is 0 Å². The molecule has 0 radical (unpaired) electrons. The summed E-state index contributed by atoms with van der Waals surface area (Å²) in [6, 6.07) is 9.59. The molecule has 22 heavy (non-hydrogen) atoms. The summed E-state index contributed by atoms with van der Waals surface area (Å²) in [5.41, 5.74) is 2.80. The van der Waals surface area contributed by atoms with E-state index in [1.807, 2.05) is 36.5 Å². The third kappa shape index (κ3) is 2.44. The second kappa shape index (κ2) is 5.62. The Morgan fingerprint density at radius 3 is 3.14 bits per heavy atom. The molecule has 0 amide bonds. The molecule has 112 valence electrons. The number of aromatic nitrogens is 3. The number of ether oxygens (including phenoxy) is 1. The first-order valence-corrected chi connectivity index (χ1v) is 8.53. The number of nitrogens with zero attached hydrogens (tertiary/aromatic N) is 2. The molecule has 0 spiro atoms. The molecule has 5 nitrogen and oxygen atoms in total. The van der Waals surface area contributed by atoms with E-state index in [9.17, 15) is 4.55 Å². The van der Waals surface area contributed by atoms with Crippen LogP contribution in [0.25, 0.3) is 11.0 Å². The fraction of sp³-hybridized carbons (Fsp3) is 0.250. The molecular formula is C16H15N3O2S. The van der Waals surface area contributed by atoms with Crippen molar-refractivity contribution in [3.05, 3.63) is 48.3 Å². The second-order valence-corrected chi connectivity index (χ2v) is 6.73. The third-order valence-corrected chi connectivity index (χ3v) is 5.24. The lowest BCUT2D eigenvalue weighted by Gasteiger charge is -2.25. The van der Waals surface area contributed by atoms with Gasteiger partial charge in [-0.1, -0.05) is 12.1 Å². The predicted octanol–water partition coefficient (Wildman–Crippen LogP) is 2.63. The number of nitrogens with one attached hydrogen (secondary N) is 1. The maximum atomic E-state index is 12.6. The van der Waals surface area contributed by atoms with Crippen LogP contribution < -0.4 is 4.74 Å². The normalized spacial score (nSPS) is 18.7. The molecule has 2 unspecified atom stereocenters. The van der Waals surface area contributed by atoms with Crippen LogP contribution in [-0.2, 0) is 11.2 Å². The molecule has 0 fully saturated rings. The van der Waals surface area contributed by atoms with Crippen molar-refractivity contribution in [2.24, 2.45) is 0 Å². The monoisotopic (exact) mass is 313 g/mol. The third-order valence-electron chi connectivity index (χ3n) is 3.91. The molecule has 1 N–H and O–H groups in total. The second-order valence-electron chi connectivity index (χ2n) is 5.32. The number of imidazole rings is 1. The first kappa shape index (κ1) is 13.6. The van der Waals surface area contributed by atoms with Crippen molar-refractivity contribution in [3.63, 3.8) is 0 Å². The average molecular weight is 313 g/mol. The summed E-state index contributed by atoms with van der Waals surface area (Å²) in [6.07, 6.45) is 4.39. The van der Waals surface area contributed by atoms with Gasteiger partial charge in [-0.15, -0.1) is 0 Å². The lowest BCUT2D eigenvalue weighted by molar-refractivity contribution is 0.272. The Labute approximate surface area is 130 Å². The van der Waals surface area contributed by atoms with Crippen LogP contribution in [-0.4, -0.2) is 31.9 Å². The van der Waals surface area contributed by atoms with Crippen LogP contribution in [0.5, 0.6) is 5.75 Å². The van der Waals surface area contributed by atoms with E-state index in [0.717, 1.165) is 28.8 Å². The molecule has 3 aromatic rings. The number of benzene rings is 1. The molecule has 0 saturated heterocycles. The Hall–Kier alpha value is -2.05. The first-order chi connectivity index (χ1) is 10.8. The molecule has 6 heteroatoms. The highest BCUT2D eigenvalue weighted by molar-refractivity contribution is 7.91. The SMILES string of the molecule is [O-][S+](CC1CCOc2ccncc21)c1nc2ccccc2[nH]1. The van der Waals surface area contributed by atoms with Crippen molar-refractivity contribution in [2.75, 3.05) is 12.4 Å². The van der Waals surface area contributed by atoms with Gasteiger partial charge >= 0.3 is 5.16 Å². The minimum Gasteiger partial charge on any atom is -0.609 e. The predicted molar refractivity (Wildman–Crippen MR) is 84.5 cm³/mol. The summed E-state index contributed by atoms with van der Waals surface area (Å²) in [4.78, 5) is 11.7. The van der Waals surface area contributed by atoms with E-state index in [0.29, 0.717) is 17.5 Å². The number of hydrogen-bond acceptors (Lipinski definition) is 4. The first-order valence-electron chi connectivity index (χ1n) is 7.21. The molecule has 0 bridgehead atoms. The highest BCUT2D eigenvalue weighted by Gasteiger charge is 2.28. The number of H-pyrrole nitrogens is 1. The molecule has 0 aliphatic carbocycles. The van der Waals surface area contributed by atoms with Crippen LogP contribution in [0, 0.1) is 0 Å². The molecule has 0 saturated carbocycles. The van der Waals surface area contributed by atoms with E-state index in [2.05, 4.69) is 15.0 Å². The Morgan fingerprint density at radius 1 is 1.32 bits per heavy atom. The molecule has 1 aromatic carbocycles. The number of hydrogen-bond donors (Lipinski definition) is 1. The highest BCUT2D eigenvalue weighted by Crippen LogP contribution is 2.34. The fourth-order valence-corrected chi connectivity index (χ4v) is 4.06. The van der Waals surface area contributed by atoms with E-state index in [1.54, 1.807) is 6.20 Å². The largest absolute Gasteiger partial charge is 0.609 e. The summed E-state index contributed by atoms with van der Waals surface area (Å²) >= 11 is -1.17. The number of aromatic amines is 1. The van der Waals surface area contributed by atoms with Gasteiger partial charge in [0.05, 0.1) is 17.6 Å². The lowest BCUT2D eigenvalue weighted by atomic mass is 9.97. The minimum absolute atomic E-state index is 0.187. The minimum atomic E-state index is -1.17. The zero-order valence-corrected chi connectivity index (χ0v) is 12.7. The Bertz CT molecular complexity index is 772. The summed E-state index contributed by atoms with van der Waals surface area (Å²) in [5.74, 6) is 1.57. The molecule has 3 heterocycles. The fourth-order valence-electron chi connectivity index (χ4n) is 2.77. The van der Waals surface area contributed by atoms with Crippen LogP contribution in [0.15, 0.2) is 47.9 Å². The number of para-hydroxylation sites is 2. The maximum absolute atomic E-state index is 12.6. The topological polar surface area (TPSA) is 73.9 Å². The van der Waals surface area contributed by atoms with E-state index >= 15 is 0 Å². The average Bonchev–Trinajstić information content (AvgIpc) is 2.99. The van der Waals surface area contributed by atoms with Crippen LogP contribution in [0.1, 0.15) is 17.9 Å². The van der Waals surface area contributed by atoms with Crippen LogP contribution in [0.4, 0.5) is 0 Å². The Balaban J connectivity index is 1.58. The van der Waals surface area contributed by atoms with Gasteiger partial charge in [-0.3, -0.25) is 9.97 Å². The number of rotatable bonds is 3. The quantitative estimate of drug-likeness (QED) is 0.754. The molecule has 1 aliphatic heterocycles. The van der Waals surface area contributed by atoms with Crippen molar-refractivity contribution < 1.29 is 9.29 Å². The van der Waals surface area contributed by atoms with Crippen molar-refractivity contribution in [1.82, 2.24) is 15.0 Å². The molecule has 2 aromatic heterocycles. The zero-order valence-electron chi connectivity index (χ0n) is 11.9. The number of pyridine rings is 1. The summed E-state index contributed by atoms with van der Waals surface area (Å²) < 4.78 is 18.3. The maximum Gasteiger partial charge on any atom is 0.321 e. The van der Waals surface area contributed by atoms with Gasteiger partial charge in [0.25, 0.3) is 0 Å². The van der Waals surface area contributed by atoms with Crippen molar-refractivity contribution >= 4 is 22.2 Å². The molecule has 2 atom stereocenters. The molecule has 4 rings (SSSR count). The highest BCUT2D eigenvalue weighted by atomic mass is 32.2. The van der Waals surface area contributed by atoms with Crippen molar-refractivity contribution in [1.29, 1.82) is 0 Å². The van der Waals surface area contributed by atoms with Crippen LogP contribution in [0.2, 0.25) is 0 Å². The smallest absolute Gasteiger partial charge is 0.321 e. The van der Waals surface area contributed by atoms with Gasteiger partial charge in [0.2, 0.25) is 0 Å². The van der Waals surface area contributed by atoms with Crippen molar-refractivity contribution in [2.45, 2.75) is 17.5 Å². The van der Waals surface area contributed by atoms with E-state index in [-0.39, 0.29) is 5.92 Å². The van der Waals surface area contributed by atoms with Gasteiger partial charge in [0.1, 0.15) is 11.5 Å². The molecule has 1 aliphatic rings. The number of fused-ring (bicyclic) bond motifs is 2. The Morgan fingerprint density at radius 2 is 2.23 bits per heavy atom. The van der Waals surface area contributed by atoms with Crippen LogP contribution >= 0.6 is 0 Å². The summed E-state index contributed by atoms with van der Waals surface area (Å²) in [6.45, 7) is 0.652. The van der Waals surface area contributed by atoms with Gasteiger partial charge in [-0.2, -0.15) is 4.98 Å². The summed E-state index contributed by atoms with van der Waals surface area (Å²) in [5, 5.41) is 0.540. The van der Waals surface area contributed by atoms with Gasteiger partial charge in [-0.05, 0) is 24.6 Å². The van der Waals surface area contributed by atoms with E-state index < -0.39 is 11.2 Å². The Kier molecular flexibility index (Phi) is 3.48. The van der Waals surface area contributed by atoms with Gasteiger partial charge < -0.3 is 9.29 Å². The van der Waals surface area contributed by atoms with E-state index in [1.165, 1.54) is 0 Å². The van der Waals surface area contributed by atoms with Gasteiger partial charge in [0.15, 0.2) is 0 Å². The lowest BCUT2D eigenvalue weighted by Crippen LogP contribution is -2.22.